The van der Waals surface area contributed by atoms with Crippen LogP contribution in [0.3, 0.4) is 0 Å². The second kappa shape index (κ2) is 5.22. The molecule has 20 heavy (non-hydrogen) atoms. The highest BCUT2D eigenvalue weighted by atomic mass is 35.5. The number of nitrogens with one attached hydrogen (secondary N) is 1. The molecule has 0 bridgehead atoms. The molecule has 0 radical (unpaired) electrons. The van der Waals surface area contributed by atoms with Crippen molar-refractivity contribution in [2.45, 2.75) is 10.2 Å². The molecular formula is C13H11ClN4OS. The lowest BCUT2D eigenvalue weighted by Crippen LogP contribution is -1.91. The van der Waals surface area contributed by atoms with Gasteiger partial charge < -0.3 is 15.5 Å². The van der Waals surface area contributed by atoms with Crippen molar-refractivity contribution in [3.8, 4) is 5.75 Å². The summed E-state index contributed by atoms with van der Waals surface area (Å²) in [5.41, 5.74) is 8.17. The quantitative estimate of drug-likeness (QED) is 0.776. The van der Waals surface area contributed by atoms with Gasteiger partial charge in [0.25, 0.3) is 0 Å². The van der Waals surface area contributed by atoms with E-state index in [4.69, 9.17) is 22.1 Å². The maximum absolute atomic E-state index is 5.88. The number of nitrogens with zero attached hydrogens (tertiary/aromatic N) is 2. The van der Waals surface area contributed by atoms with Crippen molar-refractivity contribution < 1.29 is 4.74 Å². The summed E-state index contributed by atoms with van der Waals surface area (Å²) >= 11 is 7.19. The lowest BCUT2D eigenvalue weighted by Gasteiger charge is -2.01. The summed E-state index contributed by atoms with van der Waals surface area (Å²) in [5, 5.41) is 1.90. The van der Waals surface area contributed by atoms with E-state index >= 15 is 0 Å². The predicted molar refractivity (Wildman–Crippen MR) is 80.4 cm³/mol. The van der Waals surface area contributed by atoms with Crippen LogP contribution in [0.25, 0.3) is 11.0 Å². The molecule has 3 aromatic rings. The third-order valence-corrected chi connectivity index (χ3v) is 3.83. The summed E-state index contributed by atoms with van der Waals surface area (Å²) in [6.07, 6.45) is 1.56. The number of methoxy groups -OCH3 is 1. The first-order valence-corrected chi connectivity index (χ1v) is 6.98. The number of H-pyrrole nitrogens is 1. The minimum atomic E-state index is 0.515. The van der Waals surface area contributed by atoms with Gasteiger partial charge in [-0.25, -0.2) is 9.97 Å². The van der Waals surface area contributed by atoms with Gasteiger partial charge in [0, 0.05) is 12.3 Å². The lowest BCUT2D eigenvalue weighted by atomic mass is 10.3. The number of nitrogens with two attached hydrogens (primary N) is 1. The van der Waals surface area contributed by atoms with Crippen LogP contribution >= 0.6 is 23.4 Å². The lowest BCUT2D eigenvalue weighted by molar-refractivity contribution is 0.415. The van der Waals surface area contributed by atoms with Crippen molar-refractivity contribution in [3.63, 3.8) is 0 Å². The number of nitrogen functional groups attached to an aromatic ring is 1. The molecule has 2 aromatic heterocycles. The molecule has 102 valence electrons. The summed E-state index contributed by atoms with van der Waals surface area (Å²) in [7, 11) is 1.63. The van der Waals surface area contributed by atoms with Crippen LogP contribution in [0.4, 0.5) is 5.69 Å². The SMILES string of the molecule is COc1ccc2nc(Sc3ncc(Cl)cc3N)[nH]c2c1. The zero-order valence-corrected chi connectivity index (χ0v) is 12.1. The van der Waals surface area contributed by atoms with Crippen molar-refractivity contribution in [3.05, 3.63) is 35.5 Å². The molecule has 3 rings (SSSR count). The van der Waals surface area contributed by atoms with Crippen molar-refractivity contribution in [2.24, 2.45) is 0 Å². The van der Waals surface area contributed by atoms with Gasteiger partial charge in [0.05, 0.1) is 28.9 Å². The fraction of sp³-hybridized carbons (Fsp3) is 0.0769. The van der Waals surface area contributed by atoms with Crippen molar-refractivity contribution in [2.75, 3.05) is 12.8 Å². The Kier molecular flexibility index (Phi) is 3.42. The number of halogens is 1. The number of ether oxygens (including phenoxy) is 1. The first-order chi connectivity index (χ1) is 9.65. The molecule has 0 fully saturated rings. The van der Waals surface area contributed by atoms with Gasteiger partial charge in [-0.05, 0) is 30.0 Å². The molecule has 0 aliphatic carbocycles. The number of hydrogen-bond acceptors (Lipinski definition) is 5. The first-order valence-electron chi connectivity index (χ1n) is 5.78. The van der Waals surface area contributed by atoms with Gasteiger partial charge >= 0.3 is 0 Å². The molecule has 7 heteroatoms. The predicted octanol–water partition coefficient (Wildman–Crippen LogP) is 3.35. The van der Waals surface area contributed by atoms with Gasteiger partial charge in [-0.2, -0.15) is 0 Å². The molecule has 5 nitrogen and oxygen atoms in total. The number of fused-ring (bicyclic) bond motifs is 1. The van der Waals surface area contributed by atoms with Gasteiger partial charge in [0.1, 0.15) is 10.8 Å². The zero-order chi connectivity index (χ0) is 14.1. The first kappa shape index (κ1) is 13.1. The van der Waals surface area contributed by atoms with Crippen LogP contribution in [0.2, 0.25) is 5.02 Å². The minimum Gasteiger partial charge on any atom is -0.497 e. The van der Waals surface area contributed by atoms with Crippen LogP contribution < -0.4 is 10.5 Å². The second-order valence-corrected chi connectivity index (χ2v) is 5.49. The maximum Gasteiger partial charge on any atom is 0.172 e. The topological polar surface area (TPSA) is 76.8 Å². The van der Waals surface area contributed by atoms with Crippen LogP contribution in [-0.2, 0) is 0 Å². The normalized spacial score (nSPS) is 10.9. The van der Waals surface area contributed by atoms with E-state index < -0.39 is 0 Å². The minimum absolute atomic E-state index is 0.515. The Morgan fingerprint density at radius 2 is 2.20 bits per heavy atom. The third-order valence-electron chi connectivity index (χ3n) is 2.71. The third kappa shape index (κ3) is 2.52. The van der Waals surface area contributed by atoms with Gasteiger partial charge in [0.2, 0.25) is 0 Å². The highest BCUT2D eigenvalue weighted by Gasteiger charge is 2.09. The van der Waals surface area contributed by atoms with Crippen LogP contribution in [0.1, 0.15) is 0 Å². The molecule has 0 aliphatic heterocycles. The van der Waals surface area contributed by atoms with E-state index in [2.05, 4.69) is 15.0 Å². The van der Waals surface area contributed by atoms with Crippen molar-refractivity contribution in [1.82, 2.24) is 15.0 Å². The molecule has 0 saturated heterocycles. The standard InChI is InChI=1S/C13H11ClN4OS/c1-19-8-2-3-10-11(5-8)18-13(17-10)20-12-9(15)4-7(14)6-16-12/h2-6H,15H2,1H3,(H,17,18). The fourth-order valence-electron chi connectivity index (χ4n) is 1.76. The summed E-state index contributed by atoms with van der Waals surface area (Å²) in [6, 6.07) is 7.33. The number of anilines is 1. The smallest absolute Gasteiger partial charge is 0.172 e. The summed E-state index contributed by atoms with van der Waals surface area (Å²) < 4.78 is 5.18. The Hall–Kier alpha value is -1.92. The van der Waals surface area contributed by atoms with Crippen LogP contribution in [0.15, 0.2) is 40.6 Å². The summed E-state index contributed by atoms with van der Waals surface area (Å²) in [5.74, 6) is 0.779. The van der Waals surface area contributed by atoms with E-state index in [1.807, 2.05) is 18.2 Å². The van der Waals surface area contributed by atoms with Crippen molar-refractivity contribution in [1.29, 1.82) is 0 Å². The molecule has 0 aliphatic rings. The fourth-order valence-corrected chi connectivity index (χ4v) is 2.70. The number of rotatable bonds is 3. The number of aromatic nitrogens is 3. The molecule has 0 amide bonds. The molecule has 0 saturated carbocycles. The maximum atomic E-state index is 5.88. The number of pyridine rings is 1. The Bertz CT molecular complexity index is 774. The van der Waals surface area contributed by atoms with Crippen LogP contribution in [0, 0.1) is 0 Å². The Morgan fingerprint density at radius 3 is 2.95 bits per heavy atom. The zero-order valence-electron chi connectivity index (χ0n) is 10.6. The summed E-state index contributed by atoms with van der Waals surface area (Å²) in [4.78, 5) is 11.9. The number of aromatic amines is 1. The molecule has 2 heterocycles. The van der Waals surface area contributed by atoms with Gasteiger partial charge in [-0.15, -0.1) is 0 Å². The van der Waals surface area contributed by atoms with Crippen molar-refractivity contribution >= 4 is 40.1 Å². The van der Waals surface area contributed by atoms with E-state index in [0.29, 0.717) is 15.7 Å². The Labute approximate surface area is 124 Å². The molecule has 0 unspecified atom stereocenters. The summed E-state index contributed by atoms with van der Waals surface area (Å²) in [6.45, 7) is 0. The highest BCUT2D eigenvalue weighted by molar-refractivity contribution is 7.99. The highest BCUT2D eigenvalue weighted by Crippen LogP contribution is 2.31. The van der Waals surface area contributed by atoms with E-state index in [9.17, 15) is 0 Å². The molecule has 3 N–H and O–H groups in total. The monoisotopic (exact) mass is 306 g/mol. The average molecular weight is 307 g/mol. The van der Waals surface area contributed by atoms with Crippen LogP contribution in [-0.4, -0.2) is 22.1 Å². The second-order valence-electron chi connectivity index (χ2n) is 4.08. The average Bonchev–Trinajstić information content (AvgIpc) is 2.83. The Balaban J connectivity index is 1.94. The van der Waals surface area contributed by atoms with E-state index in [-0.39, 0.29) is 0 Å². The molecular weight excluding hydrogens is 296 g/mol. The largest absolute Gasteiger partial charge is 0.497 e. The van der Waals surface area contributed by atoms with Gasteiger partial charge in [0.15, 0.2) is 5.16 Å². The molecule has 0 spiro atoms. The number of hydrogen-bond donors (Lipinski definition) is 2. The van der Waals surface area contributed by atoms with Gasteiger partial charge in [-0.1, -0.05) is 11.6 Å². The molecule has 1 aromatic carbocycles. The number of benzene rings is 1. The Morgan fingerprint density at radius 1 is 1.35 bits per heavy atom. The molecule has 0 atom stereocenters. The van der Waals surface area contributed by atoms with E-state index in [0.717, 1.165) is 21.9 Å². The van der Waals surface area contributed by atoms with E-state index in [1.54, 1.807) is 19.4 Å². The number of imidazole rings is 1. The van der Waals surface area contributed by atoms with Crippen LogP contribution in [0.5, 0.6) is 5.75 Å². The van der Waals surface area contributed by atoms with Gasteiger partial charge in [-0.3, -0.25) is 0 Å². The van der Waals surface area contributed by atoms with E-state index in [1.165, 1.54) is 11.8 Å².